The first-order valence-electron chi connectivity index (χ1n) is 6.92. The summed E-state index contributed by atoms with van der Waals surface area (Å²) in [5.41, 5.74) is 1.22. The van der Waals surface area contributed by atoms with Gasteiger partial charge in [0.1, 0.15) is 5.82 Å². The van der Waals surface area contributed by atoms with Gasteiger partial charge in [-0.1, -0.05) is 13.0 Å². The second-order valence-corrected chi connectivity index (χ2v) is 5.23. The number of carbonyl (C=O) groups excluding carboxylic acids is 1. The molecule has 2 rings (SSSR count). The molecule has 0 unspecified atom stereocenters. The zero-order valence-corrected chi connectivity index (χ0v) is 11.5. The van der Waals surface area contributed by atoms with E-state index < -0.39 is 0 Å². The molecule has 1 aliphatic rings. The molecule has 0 saturated carbocycles. The van der Waals surface area contributed by atoms with Crippen LogP contribution < -0.4 is 10.6 Å². The first-order valence-corrected chi connectivity index (χ1v) is 6.92. The van der Waals surface area contributed by atoms with Gasteiger partial charge in [-0.2, -0.15) is 0 Å². The predicted molar refractivity (Wildman–Crippen MR) is 74.6 cm³/mol. The Labute approximate surface area is 113 Å². The van der Waals surface area contributed by atoms with Crippen LogP contribution in [-0.4, -0.2) is 18.5 Å². The Balaban J connectivity index is 2.00. The highest BCUT2D eigenvalue weighted by atomic mass is 19.1. The van der Waals surface area contributed by atoms with Gasteiger partial charge in [-0.15, -0.1) is 0 Å². The van der Waals surface area contributed by atoms with E-state index in [2.05, 4.69) is 17.6 Å². The van der Waals surface area contributed by atoms with Crippen LogP contribution in [0.2, 0.25) is 0 Å². The summed E-state index contributed by atoms with van der Waals surface area (Å²) in [6.45, 7) is 4.85. The monoisotopic (exact) mass is 264 g/mol. The fourth-order valence-corrected chi connectivity index (χ4v) is 2.53. The SMILES string of the molecule is CCc1ccc(NC(=O)[C@H]2CCN[C@@H](C)C2)cc1F. The maximum atomic E-state index is 13.6. The lowest BCUT2D eigenvalue weighted by Crippen LogP contribution is -2.40. The molecule has 3 nitrogen and oxygen atoms in total. The number of nitrogens with one attached hydrogen (secondary N) is 2. The molecule has 2 atom stereocenters. The number of hydrogen-bond acceptors (Lipinski definition) is 2. The number of rotatable bonds is 3. The minimum absolute atomic E-state index is 0.00278. The summed E-state index contributed by atoms with van der Waals surface area (Å²) in [5, 5.41) is 6.13. The highest BCUT2D eigenvalue weighted by molar-refractivity contribution is 5.92. The van der Waals surface area contributed by atoms with Crippen molar-refractivity contribution >= 4 is 11.6 Å². The zero-order chi connectivity index (χ0) is 13.8. The quantitative estimate of drug-likeness (QED) is 0.881. The Morgan fingerprint density at radius 1 is 1.53 bits per heavy atom. The van der Waals surface area contributed by atoms with Crippen LogP contribution in [0.25, 0.3) is 0 Å². The van der Waals surface area contributed by atoms with E-state index in [0.29, 0.717) is 23.7 Å². The maximum absolute atomic E-state index is 13.6. The van der Waals surface area contributed by atoms with E-state index in [-0.39, 0.29) is 17.6 Å². The van der Waals surface area contributed by atoms with Gasteiger partial charge in [0, 0.05) is 17.6 Å². The summed E-state index contributed by atoms with van der Waals surface area (Å²) < 4.78 is 13.6. The summed E-state index contributed by atoms with van der Waals surface area (Å²) in [7, 11) is 0. The molecule has 1 aromatic carbocycles. The Morgan fingerprint density at radius 2 is 2.32 bits per heavy atom. The number of piperidine rings is 1. The molecule has 1 aromatic rings. The minimum Gasteiger partial charge on any atom is -0.326 e. The molecular weight excluding hydrogens is 243 g/mol. The summed E-state index contributed by atoms with van der Waals surface area (Å²) in [6, 6.07) is 5.27. The van der Waals surface area contributed by atoms with E-state index in [1.54, 1.807) is 12.1 Å². The number of hydrogen-bond donors (Lipinski definition) is 2. The molecule has 0 bridgehead atoms. The molecule has 0 radical (unpaired) electrons. The van der Waals surface area contributed by atoms with E-state index in [1.807, 2.05) is 6.92 Å². The minimum atomic E-state index is -0.251. The lowest BCUT2D eigenvalue weighted by atomic mass is 9.92. The van der Waals surface area contributed by atoms with Gasteiger partial charge in [-0.05, 0) is 50.4 Å². The fourth-order valence-electron chi connectivity index (χ4n) is 2.53. The summed E-state index contributed by atoms with van der Waals surface area (Å²) >= 11 is 0. The van der Waals surface area contributed by atoms with Gasteiger partial charge >= 0.3 is 0 Å². The molecule has 1 amide bonds. The number of amides is 1. The molecule has 0 aliphatic carbocycles. The van der Waals surface area contributed by atoms with Crippen LogP contribution in [-0.2, 0) is 11.2 Å². The predicted octanol–water partition coefficient (Wildman–Crippen LogP) is 2.71. The average molecular weight is 264 g/mol. The van der Waals surface area contributed by atoms with Crippen LogP contribution in [0.5, 0.6) is 0 Å². The highest BCUT2D eigenvalue weighted by Gasteiger charge is 2.24. The van der Waals surface area contributed by atoms with Gasteiger partial charge in [-0.25, -0.2) is 4.39 Å². The van der Waals surface area contributed by atoms with E-state index in [1.165, 1.54) is 6.07 Å². The molecule has 104 valence electrons. The number of carbonyl (C=O) groups is 1. The van der Waals surface area contributed by atoms with Gasteiger partial charge < -0.3 is 10.6 Å². The second kappa shape index (κ2) is 6.15. The van der Waals surface area contributed by atoms with E-state index >= 15 is 0 Å². The van der Waals surface area contributed by atoms with Crippen molar-refractivity contribution in [1.29, 1.82) is 0 Å². The van der Waals surface area contributed by atoms with Gasteiger partial charge in [0.25, 0.3) is 0 Å². The van der Waals surface area contributed by atoms with Crippen LogP contribution >= 0.6 is 0 Å². The molecule has 1 saturated heterocycles. The van der Waals surface area contributed by atoms with Crippen molar-refractivity contribution in [3.8, 4) is 0 Å². The van der Waals surface area contributed by atoms with Gasteiger partial charge in [0.05, 0.1) is 0 Å². The molecule has 1 fully saturated rings. The lowest BCUT2D eigenvalue weighted by molar-refractivity contribution is -0.120. The summed E-state index contributed by atoms with van der Waals surface area (Å²) in [4.78, 5) is 12.1. The number of aryl methyl sites for hydroxylation is 1. The molecule has 0 spiro atoms. The van der Waals surface area contributed by atoms with E-state index in [0.717, 1.165) is 19.4 Å². The van der Waals surface area contributed by atoms with Crippen molar-refractivity contribution in [2.24, 2.45) is 5.92 Å². The van der Waals surface area contributed by atoms with Crippen molar-refractivity contribution < 1.29 is 9.18 Å². The standard InChI is InChI=1S/C15H21FN2O/c1-3-11-4-5-13(9-14(11)16)18-15(19)12-6-7-17-10(2)8-12/h4-5,9-10,12,17H,3,6-8H2,1-2H3,(H,18,19)/t10-,12-/m0/s1. The van der Waals surface area contributed by atoms with Crippen molar-refractivity contribution in [3.63, 3.8) is 0 Å². The number of halogens is 1. The third kappa shape index (κ3) is 3.53. The zero-order valence-electron chi connectivity index (χ0n) is 11.5. The molecule has 1 aliphatic heterocycles. The average Bonchev–Trinajstić information content (AvgIpc) is 2.39. The largest absolute Gasteiger partial charge is 0.326 e. The topological polar surface area (TPSA) is 41.1 Å². The normalized spacial score (nSPS) is 23.1. The van der Waals surface area contributed by atoms with Gasteiger partial charge in [-0.3, -0.25) is 4.79 Å². The molecule has 19 heavy (non-hydrogen) atoms. The fraction of sp³-hybridized carbons (Fsp3) is 0.533. The number of anilines is 1. The van der Waals surface area contributed by atoms with Crippen molar-refractivity contribution in [3.05, 3.63) is 29.6 Å². The Morgan fingerprint density at radius 3 is 2.95 bits per heavy atom. The molecule has 1 heterocycles. The Bertz CT molecular complexity index is 461. The van der Waals surface area contributed by atoms with Crippen molar-refractivity contribution in [1.82, 2.24) is 5.32 Å². The molecule has 2 N–H and O–H groups in total. The third-order valence-electron chi connectivity index (χ3n) is 3.70. The van der Waals surface area contributed by atoms with Gasteiger partial charge in [0.15, 0.2) is 0 Å². The molecule has 4 heteroatoms. The van der Waals surface area contributed by atoms with Crippen molar-refractivity contribution in [2.75, 3.05) is 11.9 Å². The lowest BCUT2D eigenvalue weighted by Gasteiger charge is -2.27. The smallest absolute Gasteiger partial charge is 0.227 e. The third-order valence-corrected chi connectivity index (χ3v) is 3.70. The first-order chi connectivity index (χ1) is 9.10. The maximum Gasteiger partial charge on any atom is 0.227 e. The Kier molecular flexibility index (Phi) is 4.53. The molecule has 0 aromatic heterocycles. The van der Waals surface area contributed by atoms with Crippen molar-refractivity contribution in [2.45, 2.75) is 39.2 Å². The van der Waals surface area contributed by atoms with Crippen LogP contribution in [0.1, 0.15) is 32.3 Å². The van der Waals surface area contributed by atoms with E-state index in [9.17, 15) is 9.18 Å². The van der Waals surface area contributed by atoms with Crippen LogP contribution in [0.4, 0.5) is 10.1 Å². The highest BCUT2D eigenvalue weighted by Crippen LogP contribution is 2.20. The number of benzene rings is 1. The summed E-state index contributed by atoms with van der Waals surface area (Å²) in [5.74, 6) is -0.235. The first kappa shape index (κ1) is 14.0. The van der Waals surface area contributed by atoms with E-state index in [4.69, 9.17) is 0 Å². The second-order valence-electron chi connectivity index (χ2n) is 5.23. The van der Waals surface area contributed by atoms with Crippen LogP contribution in [0, 0.1) is 11.7 Å². The Hall–Kier alpha value is -1.42. The van der Waals surface area contributed by atoms with Crippen LogP contribution in [0.3, 0.4) is 0 Å². The van der Waals surface area contributed by atoms with Gasteiger partial charge in [0.2, 0.25) is 5.91 Å². The van der Waals surface area contributed by atoms with Crippen LogP contribution in [0.15, 0.2) is 18.2 Å². The molecular formula is C15H21FN2O. The summed E-state index contributed by atoms with van der Waals surface area (Å²) in [6.07, 6.45) is 2.33.